The lowest BCUT2D eigenvalue weighted by Crippen LogP contribution is -2.27. The number of likely N-dealkylation sites (tertiary alicyclic amines) is 1. The third kappa shape index (κ3) is 2.54. The summed E-state index contributed by atoms with van der Waals surface area (Å²) in [6, 6.07) is 4.78. The van der Waals surface area contributed by atoms with Gasteiger partial charge in [-0.3, -0.25) is 4.90 Å². The van der Waals surface area contributed by atoms with E-state index in [4.69, 9.17) is 0 Å². The molecule has 4 heteroatoms. The van der Waals surface area contributed by atoms with Gasteiger partial charge >= 0.3 is 0 Å². The third-order valence-corrected chi connectivity index (χ3v) is 4.52. The average molecular weight is 313 g/mol. The summed E-state index contributed by atoms with van der Waals surface area (Å²) >= 11 is 3.25. The second kappa shape index (κ2) is 4.82. The van der Waals surface area contributed by atoms with Gasteiger partial charge < -0.3 is 5.32 Å². The van der Waals surface area contributed by atoms with Crippen LogP contribution in [0.3, 0.4) is 0 Å². The van der Waals surface area contributed by atoms with Crippen molar-refractivity contribution in [3.8, 4) is 0 Å². The first kappa shape index (κ1) is 12.4. The van der Waals surface area contributed by atoms with Crippen LogP contribution in [0.25, 0.3) is 0 Å². The van der Waals surface area contributed by atoms with Crippen molar-refractivity contribution in [3.63, 3.8) is 0 Å². The smallest absolute Gasteiger partial charge is 0.137 e. The molecule has 1 saturated carbocycles. The summed E-state index contributed by atoms with van der Waals surface area (Å²) in [6.45, 7) is 4.27. The molecule has 0 amide bonds. The Kier molecular flexibility index (Phi) is 3.32. The fourth-order valence-electron chi connectivity index (χ4n) is 2.70. The predicted octanol–water partition coefficient (Wildman–Crippen LogP) is 3.55. The number of hydrogen-bond acceptors (Lipinski definition) is 2. The molecule has 0 bridgehead atoms. The van der Waals surface area contributed by atoms with E-state index in [2.05, 4.69) is 26.1 Å². The molecule has 1 atom stereocenters. The highest BCUT2D eigenvalue weighted by molar-refractivity contribution is 9.10. The normalized spacial score (nSPS) is 24.5. The second-order valence-electron chi connectivity index (χ2n) is 5.44. The standard InChI is InChI=1S/C14H18BrFN2/c1-9-6-13(16)12(15)7-14(9)17-10-4-5-18(8-10)11-2-3-11/h6-7,10-11,17H,2-5,8H2,1H3. The fourth-order valence-corrected chi connectivity index (χ4v) is 3.04. The Balaban J connectivity index is 1.67. The van der Waals surface area contributed by atoms with Crippen LogP contribution in [-0.2, 0) is 0 Å². The molecule has 1 unspecified atom stereocenters. The van der Waals surface area contributed by atoms with Crippen molar-refractivity contribution in [1.29, 1.82) is 0 Å². The molecule has 1 aromatic carbocycles. The van der Waals surface area contributed by atoms with Gasteiger partial charge in [-0.2, -0.15) is 0 Å². The molecule has 1 aromatic rings. The Morgan fingerprint density at radius 3 is 2.83 bits per heavy atom. The molecule has 0 radical (unpaired) electrons. The van der Waals surface area contributed by atoms with Gasteiger partial charge in [0.25, 0.3) is 0 Å². The molecule has 2 nitrogen and oxygen atoms in total. The van der Waals surface area contributed by atoms with Gasteiger partial charge in [-0.25, -0.2) is 4.39 Å². The molecule has 0 aromatic heterocycles. The van der Waals surface area contributed by atoms with Crippen LogP contribution < -0.4 is 5.32 Å². The number of benzene rings is 1. The van der Waals surface area contributed by atoms with Crippen LogP contribution >= 0.6 is 15.9 Å². The number of anilines is 1. The third-order valence-electron chi connectivity index (χ3n) is 3.91. The molecule has 3 rings (SSSR count). The second-order valence-corrected chi connectivity index (χ2v) is 6.29. The molecule has 0 spiro atoms. The van der Waals surface area contributed by atoms with E-state index in [1.54, 1.807) is 6.07 Å². The quantitative estimate of drug-likeness (QED) is 0.918. The Hall–Kier alpha value is -0.610. The Morgan fingerprint density at radius 2 is 2.11 bits per heavy atom. The summed E-state index contributed by atoms with van der Waals surface area (Å²) in [7, 11) is 0. The summed E-state index contributed by atoms with van der Waals surface area (Å²) in [5.41, 5.74) is 2.02. The SMILES string of the molecule is Cc1cc(F)c(Br)cc1NC1CCN(C2CC2)C1. The van der Waals surface area contributed by atoms with Crippen molar-refractivity contribution in [2.75, 3.05) is 18.4 Å². The molecule has 1 N–H and O–H groups in total. The van der Waals surface area contributed by atoms with Crippen molar-refractivity contribution in [1.82, 2.24) is 4.90 Å². The average Bonchev–Trinajstić information content (AvgIpc) is 3.07. The minimum Gasteiger partial charge on any atom is -0.381 e. The Morgan fingerprint density at radius 1 is 1.33 bits per heavy atom. The first-order chi connectivity index (χ1) is 8.63. The molecular weight excluding hydrogens is 295 g/mol. The van der Waals surface area contributed by atoms with Crippen LogP contribution in [-0.4, -0.2) is 30.1 Å². The van der Waals surface area contributed by atoms with Gasteiger partial charge in [0.1, 0.15) is 5.82 Å². The molecule has 1 aliphatic heterocycles. The predicted molar refractivity (Wildman–Crippen MR) is 75.5 cm³/mol. The van der Waals surface area contributed by atoms with Crippen molar-refractivity contribution in [2.45, 2.75) is 38.3 Å². The maximum atomic E-state index is 13.4. The highest BCUT2D eigenvalue weighted by Crippen LogP contribution is 2.31. The summed E-state index contributed by atoms with van der Waals surface area (Å²) in [6.07, 6.45) is 3.92. The van der Waals surface area contributed by atoms with Crippen LogP contribution in [0.1, 0.15) is 24.8 Å². The van der Waals surface area contributed by atoms with Crippen LogP contribution in [0, 0.1) is 12.7 Å². The lowest BCUT2D eigenvalue weighted by Gasteiger charge is -2.18. The molecule has 98 valence electrons. The van der Waals surface area contributed by atoms with Gasteiger partial charge in [0, 0.05) is 30.9 Å². The summed E-state index contributed by atoms with van der Waals surface area (Å²) in [5.74, 6) is -0.191. The molecule has 1 saturated heterocycles. The number of hydrogen-bond donors (Lipinski definition) is 1. The van der Waals surface area contributed by atoms with E-state index in [0.717, 1.165) is 23.8 Å². The number of aryl methyl sites for hydroxylation is 1. The van der Waals surface area contributed by atoms with E-state index in [1.807, 2.05) is 13.0 Å². The Bertz CT molecular complexity index is 459. The van der Waals surface area contributed by atoms with Crippen molar-refractivity contribution in [3.05, 3.63) is 28.0 Å². The summed E-state index contributed by atoms with van der Waals surface area (Å²) < 4.78 is 13.9. The zero-order chi connectivity index (χ0) is 12.7. The lowest BCUT2D eigenvalue weighted by molar-refractivity contribution is 0.326. The van der Waals surface area contributed by atoms with E-state index in [-0.39, 0.29) is 5.82 Å². The minimum absolute atomic E-state index is 0.191. The monoisotopic (exact) mass is 312 g/mol. The molecule has 2 fully saturated rings. The number of nitrogens with zero attached hydrogens (tertiary/aromatic N) is 1. The van der Waals surface area contributed by atoms with Crippen LogP contribution in [0.15, 0.2) is 16.6 Å². The zero-order valence-electron chi connectivity index (χ0n) is 10.5. The number of rotatable bonds is 3. The van der Waals surface area contributed by atoms with Crippen LogP contribution in [0.5, 0.6) is 0 Å². The first-order valence-corrected chi connectivity index (χ1v) is 7.39. The van der Waals surface area contributed by atoms with Gasteiger partial charge in [-0.1, -0.05) is 0 Å². The zero-order valence-corrected chi connectivity index (χ0v) is 12.1. The molecule has 2 aliphatic rings. The fraction of sp³-hybridized carbons (Fsp3) is 0.571. The van der Waals surface area contributed by atoms with E-state index < -0.39 is 0 Å². The Labute approximate surface area is 116 Å². The summed E-state index contributed by atoms with van der Waals surface area (Å²) in [5, 5.41) is 3.55. The van der Waals surface area contributed by atoms with E-state index in [0.29, 0.717) is 10.5 Å². The van der Waals surface area contributed by atoms with Gasteiger partial charge in [0.15, 0.2) is 0 Å². The van der Waals surface area contributed by atoms with Crippen molar-refractivity contribution >= 4 is 21.6 Å². The molecule has 18 heavy (non-hydrogen) atoms. The molecule has 1 aliphatic carbocycles. The lowest BCUT2D eigenvalue weighted by atomic mass is 10.1. The van der Waals surface area contributed by atoms with E-state index in [9.17, 15) is 4.39 Å². The van der Waals surface area contributed by atoms with E-state index >= 15 is 0 Å². The highest BCUT2D eigenvalue weighted by atomic mass is 79.9. The van der Waals surface area contributed by atoms with Gasteiger partial charge in [-0.05, 0) is 59.8 Å². The van der Waals surface area contributed by atoms with E-state index in [1.165, 1.54) is 25.8 Å². The number of halogens is 2. The first-order valence-electron chi connectivity index (χ1n) is 6.59. The minimum atomic E-state index is -0.191. The highest BCUT2D eigenvalue weighted by Gasteiger charge is 2.34. The van der Waals surface area contributed by atoms with Gasteiger partial charge in [-0.15, -0.1) is 0 Å². The maximum absolute atomic E-state index is 13.4. The maximum Gasteiger partial charge on any atom is 0.137 e. The molecule has 1 heterocycles. The van der Waals surface area contributed by atoms with Crippen LogP contribution in [0.2, 0.25) is 0 Å². The number of nitrogens with one attached hydrogen (secondary N) is 1. The molecular formula is C14H18BrFN2. The van der Waals surface area contributed by atoms with Crippen molar-refractivity contribution in [2.24, 2.45) is 0 Å². The van der Waals surface area contributed by atoms with Crippen LogP contribution in [0.4, 0.5) is 10.1 Å². The topological polar surface area (TPSA) is 15.3 Å². The summed E-state index contributed by atoms with van der Waals surface area (Å²) in [4.78, 5) is 2.57. The van der Waals surface area contributed by atoms with Gasteiger partial charge in [0.05, 0.1) is 4.47 Å². The van der Waals surface area contributed by atoms with Gasteiger partial charge in [0.2, 0.25) is 0 Å². The van der Waals surface area contributed by atoms with Crippen molar-refractivity contribution < 1.29 is 4.39 Å². The largest absolute Gasteiger partial charge is 0.381 e.